The van der Waals surface area contributed by atoms with Crippen LogP contribution in [0.3, 0.4) is 0 Å². The van der Waals surface area contributed by atoms with Gasteiger partial charge in [-0.1, -0.05) is 29.4 Å². The van der Waals surface area contributed by atoms with Gasteiger partial charge in [0.2, 0.25) is 0 Å². The Morgan fingerprint density at radius 1 is 0.812 bits per heavy atom. The van der Waals surface area contributed by atoms with Gasteiger partial charge in [0.1, 0.15) is 51.6 Å². The third-order valence-electron chi connectivity index (χ3n) is 9.04. The van der Waals surface area contributed by atoms with Crippen molar-refractivity contribution in [3.8, 4) is 51.6 Å². The maximum atomic E-state index is 14.7. The smallest absolute Gasteiger partial charge is 0.171 e. The van der Waals surface area contributed by atoms with Crippen molar-refractivity contribution in [3.05, 3.63) is 112 Å². The van der Waals surface area contributed by atoms with Gasteiger partial charge in [0.25, 0.3) is 0 Å². The third kappa shape index (κ3) is 5.90. The Bertz CT molecular complexity index is 2110. The van der Waals surface area contributed by atoms with Gasteiger partial charge in [0.15, 0.2) is 5.78 Å². The molecule has 7 N–H and O–H groups in total. The molecule has 1 aliphatic rings. The maximum Gasteiger partial charge on any atom is 0.171 e. The Balaban J connectivity index is 1.51. The molecule has 0 amide bonds. The Labute approximate surface area is 276 Å². The Morgan fingerprint density at radius 2 is 1.50 bits per heavy atom. The monoisotopic (exact) mass is 648 g/mol. The highest BCUT2D eigenvalue weighted by Gasteiger charge is 2.43. The van der Waals surface area contributed by atoms with Crippen molar-refractivity contribution in [2.24, 2.45) is 5.92 Å². The van der Waals surface area contributed by atoms with E-state index in [1.54, 1.807) is 18.2 Å². The first-order chi connectivity index (χ1) is 22.8. The molecule has 0 fully saturated rings. The number of hydrogen-bond acceptors (Lipinski definition) is 9. The van der Waals surface area contributed by atoms with Crippen molar-refractivity contribution in [2.45, 2.75) is 45.4 Å². The van der Waals surface area contributed by atoms with E-state index in [9.17, 15) is 40.5 Å². The van der Waals surface area contributed by atoms with Gasteiger partial charge in [-0.25, -0.2) is 0 Å². The van der Waals surface area contributed by atoms with Crippen molar-refractivity contribution < 1.29 is 45.0 Å². The molecule has 48 heavy (non-hydrogen) atoms. The number of aromatic hydroxyl groups is 7. The predicted molar refractivity (Wildman–Crippen MR) is 181 cm³/mol. The Morgan fingerprint density at radius 3 is 2.19 bits per heavy atom. The number of ketones is 1. The van der Waals surface area contributed by atoms with Gasteiger partial charge < -0.3 is 40.2 Å². The lowest BCUT2D eigenvalue weighted by Crippen LogP contribution is -2.31. The van der Waals surface area contributed by atoms with Crippen LogP contribution < -0.4 is 0 Å². The first-order valence-corrected chi connectivity index (χ1v) is 15.5. The SMILES string of the molecule is CC(C)=CCc1c(O)ccc(C(=O)C2C(c3c(O)cc(-c4cc5ccc(O)cc5o4)cc3O)C=C(C)CC2c2ccc(O)cc2O)c1O. The molecule has 1 heterocycles. The van der Waals surface area contributed by atoms with Crippen molar-refractivity contribution in [2.75, 3.05) is 0 Å². The number of fused-ring (bicyclic) bond motifs is 1. The molecular formula is C39H36O9. The summed E-state index contributed by atoms with van der Waals surface area (Å²) in [4.78, 5) is 14.7. The molecule has 6 rings (SSSR count). The molecule has 1 aliphatic carbocycles. The highest BCUT2D eigenvalue weighted by atomic mass is 16.3. The van der Waals surface area contributed by atoms with E-state index in [-0.39, 0.29) is 63.4 Å². The van der Waals surface area contributed by atoms with E-state index >= 15 is 0 Å². The topological polar surface area (TPSA) is 172 Å². The molecular weight excluding hydrogens is 612 g/mol. The second kappa shape index (κ2) is 12.4. The zero-order valence-electron chi connectivity index (χ0n) is 26.6. The van der Waals surface area contributed by atoms with Crippen LogP contribution in [0.25, 0.3) is 22.3 Å². The summed E-state index contributed by atoms with van der Waals surface area (Å²) in [6, 6.07) is 16.0. The summed E-state index contributed by atoms with van der Waals surface area (Å²) in [5.74, 6) is -4.43. The number of carbonyl (C=O) groups is 1. The van der Waals surface area contributed by atoms with Crippen LogP contribution in [0.2, 0.25) is 0 Å². The van der Waals surface area contributed by atoms with Crippen LogP contribution in [0.4, 0.5) is 0 Å². The van der Waals surface area contributed by atoms with Crippen LogP contribution >= 0.6 is 0 Å². The first-order valence-electron chi connectivity index (χ1n) is 15.5. The molecule has 246 valence electrons. The van der Waals surface area contributed by atoms with Gasteiger partial charge >= 0.3 is 0 Å². The van der Waals surface area contributed by atoms with Crippen LogP contribution in [-0.2, 0) is 6.42 Å². The van der Waals surface area contributed by atoms with Gasteiger partial charge in [-0.15, -0.1) is 0 Å². The molecule has 0 bridgehead atoms. The number of phenols is 7. The van der Waals surface area contributed by atoms with E-state index in [2.05, 4.69) is 0 Å². The zero-order valence-corrected chi connectivity index (χ0v) is 26.6. The summed E-state index contributed by atoms with van der Waals surface area (Å²) < 4.78 is 5.88. The Kier molecular flexibility index (Phi) is 8.30. The lowest BCUT2D eigenvalue weighted by Gasteiger charge is -2.37. The molecule has 9 nitrogen and oxygen atoms in total. The molecule has 1 aromatic heterocycles. The van der Waals surface area contributed by atoms with Crippen LogP contribution in [0.15, 0.2) is 94.4 Å². The summed E-state index contributed by atoms with van der Waals surface area (Å²) in [5.41, 5.74) is 3.10. The normalized spacial score (nSPS) is 17.6. The fraction of sp³-hybridized carbons (Fsp3) is 0.205. The lowest BCUT2D eigenvalue weighted by molar-refractivity contribution is 0.0876. The molecule has 0 radical (unpaired) electrons. The maximum absolute atomic E-state index is 14.7. The van der Waals surface area contributed by atoms with Crippen LogP contribution in [0, 0.1) is 5.92 Å². The summed E-state index contributed by atoms with van der Waals surface area (Å²) >= 11 is 0. The van der Waals surface area contributed by atoms with Gasteiger partial charge in [0.05, 0.1) is 5.56 Å². The zero-order chi connectivity index (χ0) is 34.4. The largest absolute Gasteiger partial charge is 0.508 e. The molecule has 3 atom stereocenters. The molecule has 0 saturated carbocycles. The van der Waals surface area contributed by atoms with Crippen LogP contribution in [0.1, 0.15) is 66.1 Å². The number of furan rings is 1. The number of Topliss-reactive ketones (excluding diaryl/α,β-unsaturated/α-hetero) is 1. The van der Waals surface area contributed by atoms with Crippen molar-refractivity contribution >= 4 is 16.8 Å². The number of benzene rings is 4. The van der Waals surface area contributed by atoms with Crippen molar-refractivity contribution in [3.63, 3.8) is 0 Å². The van der Waals surface area contributed by atoms with Gasteiger partial charge in [-0.3, -0.25) is 4.79 Å². The molecule has 0 spiro atoms. The molecule has 0 saturated heterocycles. The third-order valence-corrected chi connectivity index (χ3v) is 9.04. The average Bonchev–Trinajstić information content (AvgIpc) is 3.43. The van der Waals surface area contributed by atoms with Gasteiger partial charge in [0, 0.05) is 52.0 Å². The van der Waals surface area contributed by atoms with E-state index in [1.165, 1.54) is 54.6 Å². The number of phenolic OH excluding ortho intramolecular Hbond substituents is 7. The van der Waals surface area contributed by atoms with Crippen molar-refractivity contribution in [1.82, 2.24) is 0 Å². The molecule has 9 heteroatoms. The fourth-order valence-electron chi connectivity index (χ4n) is 6.74. The number of rotatable bonds is 7. The lowest BCUT2D eigenvalue weighted by atomic mass is 9.65. The number of carbonyl (C=O) groups excluding carboxylic acids is 1. The average molecular weight is 649 g/mol. The molecule has 3 unspecified atom stereocenters. The van der Waals surface area contributed by atoms with Gasteiger partial charge in [-0.05, 0) is 87.7 Å². The van der Waals surface area contributed by atoms with E-state index in [0.717, 1.165) is 11.1 Å². The first kappa shape index (κ1) is 32.1. The standard InChI is InChI=1S/C39H36O9/c1-19(2)4-8-26-30(42)11-10-27(38(26)46)39(47)36-28(25-9-7-23(40)17-31(25)43)12-20(3)13-29(36)37-32(44)14-22(15-33(37)45)34-16-21-5-6-24(41)18-35(21)48-34/h4-7,9-11,13-18,28-29,36,40-46H,8,12H2,1-3H3. The molecule has 5 aromatic rings. The predicted octanol–water partition coefficient (Wildman–Crippen LogP) is 8.26. The van der Waals surface area contributed by atoms with E-state index < -0.39 is 23.5 Å². The minimum absolute atomic E-state index is 0.0255. The minimum atomic E-state index is -1.06. The van der Waals surface area contributed by atoms with E-state index in [0.29, 0.717) is 34.3 Å². The second-order valence-electron chi connectivity index (χ2n) is 12.7. The second-order valence-corrected chi connectivity index (χ2v) is 12.7. The van der Waals surface area contributed by atoms with Crippen LogP contribution in [-0.4, -0.2) is 41.5 Å². The molecule has 4 aromatic carbocycles. The van der Waals surface area contributed by atoms with Crippen LogP contribution in [0.5, 0.6) is 40.2 Å². The highest BCUT2D eigenvalue weighted by molar-refractivity contribution is 6.02. The van der Waals surface area contributed by atoms with E-state index in [4.69, 9.17) is 4.42 Å². The summed E-state index contributed by atoms with van der Waals surface area (Å²) in [5, 5.41) is 76.5. The van der Waals surface area contributed by atoms with Crippen molar-refractivity contribution in [1.29, 1.82) is 0 Å². The quantitative estimate of drug-likeness (QED) is 0.0677. The highest BCUT2D eigenvalue weighted by Crippen LogP contribution is 2.53. The Hall–Kier alpha value is -5.83. The van der Waals surface area contributed by atoms with E-state index in [1.807, 2.05) is 26.8 Å². The number of allylic oxidation sites excluding steroid dienone is 4. The molecule has 0 aliphatic heterocycles. The van der Waals surface area contributed by atoms with Gasteiger partial charge in [-0.2, -0.15) is 0 Å². The minimum Gasteiger partial charge on any atom is -0.508 e. The summed E-state index contributed by atoms with van der Waals surface area (Å²) in [6.07, 6.45) is 4.11. The summed E-state index contributed by atoms with van der Waals surface area (Å²) in [7, 11) is 0. The summed E-state index contributed by atoms with van der Waals surface area (Å²) in [6.45, 7) is 5.60. The number of hydrogen-bond donors (Lipinski definition) is 7. The fourth-order valence-corrected chi connectivity index (χ4v) is 6.74.